The number of imidazole rings is 1. The van der Waals surface area contributed by atoms with Crippen molar-refractivity contribution in [3.05, 3.63) is 28.9 Å². The summed E-state index contributed by atoms with van der Waals surface area (Å²) < 4.78 is 4.87. The van der Waals surface area contributed by atoms with Gasteiger partial charge in [-0.1, -0.05) is 25.4 Å². The van der Waals surface area contributed by atoms with Crippen LogP contribution >= 0.6 is 11.6 Å². The summed E-state index contributed by atoms with van der Waals surface area (Å²) in [6.45, 7) is 6.05. The first-order valence-electron chi connectivity index (χ1n) is 6.27. The van der Waals surface area contributed by atoms with Gasteiger partial charge in [0.05, 0.1) is 12.8 Å². The van der Waals surface area contributed by atoms with E-state index in [0.29, 0.717) is 11.5 Å². The van der Waals surface area contributed by atoms with Crippen LogP contribution < -0.4 is 0 Å². The summed E-state index contributed by atoms with van der Waals surface area (Å²) >= 11 is 5.99. The smallest absolute Gasteiger partial charge is 0.342 e. The molecule has 0 aliphatic rings. The Kier molecular flexibility index (Phi) is 4.34. The van der Waals surface area contributed by atoms with Crippen molar-refractivity contribution in [2.24, 2.45) is 0 Å². The van der Waals surface area contributed by atoms with Gasteiger partial charge in [0.15, 0.2) is 5.82 Å². The maximum atomic E-state index is 11.6. The number of aromatic amines is 1. The summed E-state index contributed by atoms with van der Waals surface area (Å²) in [5.41, 5.74) is 0.812. The zero-order valence-corrected chi connectivity index (χ0v) is 12.2. The number of ether oxygens (including phenoxy) is 1. The Labute approximate surface area is 121 Å². The Morgan fingerprint density at radius 2 is 2.15 bits per heavy atom. The van der Waals surface area contributed by atoms with Crippen molar-refractivity contribution in [1.82, 2.24) is 19.9 Å². The molecular weight excluding hydrogens is 280 g/mol. The average molecular weight is 295 g/mol. The lowest BCUT2D eigenvalue weighted by Crippen LogP contribution is -2.07. The Bertz CT molecular complexity index is 625. The number of esters is 1. The van der Waals surface area contributed by atoms with E-state index in [0.717, 1.165) is 5.82 Å². The van der Waals surface area contributed by atoms with Crippen molar-refractivity contribution < 1.29 is 9.53 Å². The van der Waals surface area contributed by atoms with E-state index < -0.39 is 5.97 Å². The van der Waals surface area contributed by atoms with Crippen molar-refractivity contribution in [1.29, 1.82) is 0 Å². The molecule has 0 amide bonds. The zero-order chi connectivity index (χ0) is 14.7. The molecule has 0 bridgehead atoms. The minimum absolute atomic E-state index is 0.0640. The molecule has 0 saturated heterocycles. The van der Waals surface area contributed by atoms with Crippen molar-refractivity contribution in [2.45, 2.75) is 26.7 Å². The third kappa shape index (κ3) is 2.96. The number of hydrogen-bond donors (Lipinski definition) is 1. The van der Waals surface area contributed by atoms with Crippen LogP contribution in [0.4, 0.5) is 0 Å². The van der Waals surface area contributed by atoms with E-state index in [1.165, 1.54) is 6.20 Å². The number of carbonyl (C=O) groups is 1. The highest BCUT2D eigenvalue weighted by Gasteiger charge is 2.16. The fraction of sp³-hybridized carbons (Fsp3) is 0.385. The highest BCUT2D eigenvalue weighted by atomic mass is 35.5. The maximum absolute atomic E-state index is 11.6. The molecule has 0 fully saturated rings. The molecule has 0 saturated carbocycles. The number of aromatic nitrogens is 4. The van der Waals surface area contributed by atoms with Gasteiger partial charge >= 0.3 is 5.97 Å². The number of H-pyrrole nitrogens is 1. The molecule has 0 aromatic carbocycles. The topological polar surface area (TPSA) is 80.8 Å². The molecule has 7 heteroatoms. The number of rotatable bonds is 4. The molecule has 2 heterocycles. The molecule has 0 atom stereocenters. The fourth-order valence-electron chi connectivity index (χ4n) is 1.58. The van der Waals surface area contributed by atoms with Crippen LogP contribution in [-0.4, -0.2) is 32.5 Å². The first-order valence-corrected chi connectivity index (χ1v) is 6.65. The lowest BCUT2D eigenvalue weighted by Gasteiger charge is -2.04. The number of nitrogens with zero attached hydrogens (tertiary/aromatic N) is 3. The van der Waals surface area contributed by atoms with E-state index in [-0.39, 0.29) is 23.2 Å². The zero-order valence-electron chi connectivity index (χ0n) is 11.5. The second kappa shape index (κ2) is 6.00. The number of carbonyl (C=O) groups excluding carboxylic acids is 1. The summed E-state index contributed by atoms with van der Waals surface area (Å²) in [5.74, 6) is 0.978. The van der Waals surface area contributed by atoms with Crippen molar-refractivity contribution >= 4 is 17.6 Å². The highest BCUT2D eigenvalue weighted by Crippen LogP contribution is 2.20. The standard InChI is InChI=1S/C13H15ClN4O2/c1-4-20-13(19)8-5-15-12(18-10(8)14)9-6-16-11(17-9)7(2)3/h5-7H,4H2,1-3H3,(H,16,17). The molecule has 0 aliphatic carbocycles. The average Bonchev–Trinajstić information content (AvgIpc) is 2.88. The van der Waals surface area contributed by atoms with Crippen molar-refractivity contribution in [3.8, 4) is 11.5 Å². The van der Waals surface area contributed by atoms with Crippen LogP contribution in [0.3, 0.4) is 0 Å². The van der Waals surface area contributed by atoms with E-state index in [2.05, 4.69) is 19.9 Å². The normalized spacial score (nSPS) is 10.8. The molecule has 106 valence electrons. The molecule has 0 aliphatic heterocycles. The van der Waals surface area contributed by atoms with Gasteiger partial charge in [0.25, 0.3) is 0 Å². The van der Waals surface area contributed by atoms with Crippen LogP contribution in [0.5, 0.6) is 0 Å². The first kappa shape index (κ1) is 14.5. The summed E-state index contributed by atoms with van der Waals surface area (Å²) in [6, 6.07) is 0. The number of nitrogens with one attached hydrogen (secondary N) is 1. The van der Waals surface area contributed by atoms with Gasteiger partial charge in [0.1, 0.15) is 22.2 Å². The van der Waals surface area contributed by atoms with Gasteiger partial charge in [0, 0.05) is 12.1 Å². The van der Waals surface area contributed by atoms with Crippen LogP contribution in [0.1, 0.15) is 42.9 Å². The molecular formula is C13H15ClN4O2. The Hall–Kier alpha value is -1.95. The Balaban J connectivity index is 2.30. The van der Waals surface area contributed by atoms with E-state index in [9.17, 15) is 4.79 Å². The van der Waals surface area contributed by atoms with Gasteiger partial charge in [-0.3, -0.25) is 0 Å². The molecule has 1 N–H and O–H groups in total. The lowest BCUT2D eigenvalue weighted by atomic mass is 10.2. The second-order valence-corrected chi connectivity index (χ2v) is 4.81. The van der Waals surface area contributed by atoms with E-state index in [1.54, 1.807) is 13.1 Å². The van der Waals surface area contributed by atoms with Crippen LogP contribution in [0, 0.1) is 0 Å². The minimum Gasteiger partial charge on any atom is -0.462 e. The van der Waals surface area contributed by atoms with E-state index in [4.69, 9.17) is 16.3 Å². The molecule has 0 radical (unpaired) electrons. The Morgan fingerprint density at radius 3 is 2.70 bits per heavy atom. The number of hydrogen-bond acceptors (Lipinski definition) is 5. The van der Waals surface area contributed by atoms with Crippen LogP contribution in [0.2, 0.25) is 5.15 Å². The van der Waals surface area contributed by atoms with Crippen molar-refractivity contribution in [2.75, 3.05) is 6.61 Å². The molecule has 20 heavy (non-hydrogen) atoms. The van der Waals surface area contributed by atoms with Gasteiger partial charge < -0.3 is 9.72 Å². The highest BCUT2D eigenvalue weighted by molar-refractivity contribution is 6.32. The van der Waals surface area contributed by atoms with Crippen LogP contribution in [-0.2, 0) is 4.74 Å². The molecule has 2 aromatic rings. The minimum atomic E-state index is -0.531. The summed E-state index contributed by atoms with van der Waals surface area (Å²) in [6.07, 6.45) is 3.00. The summed E-state index contributed by atoms with van der Waals surface area (Å²) in [4.78, 5) is 27.2. The molecule has 2 aromatic heterocycles. The first-order chi connectivity index (χ1) is 9.52. The third-order valence-corrected chi connectivity index (χ3v) is 2.91. The third-order valence-electron chi connectivity index (χ3n) is 2.62. The monoisotopic (exact) mass is 294 g/mol. The van der Waals surface area contributed by atoms with Gasteiger partial charge in [-0.05, 0) is 6.92 Å². The maximum Gasteiger partial charge on any atom is 0.342 e. The quantitative estimate of drug-likeness (QED) is 0.692. The van der Waals surface area contributed by atoms with Gasteiger partial charge in [-0.15, -0.1) is 0 Å². The molecule has 2 rings (SSSR count). The Morgan fingerprint density at radius 1 is 1.40 bits per heavy atom. The van der Waals surface area contributed by atoms with Gasteiger partial charge in [-0.2, -0.15) is 0 Å². The second-order valence-electron chi connectivity index (χ2n) is 4.46. The molecule has 0 spiro atoms. The van der Waals surface area contributed by atoms with E-state index in [1.807, 2.05) is 13.8 Å². The predicted octanol–water partition coefficient (Wildman–Crippen LogP) is 2.82. The SMILES string of the molecule is CCOC(=O)c1cnc(-c2cnc(C(C)C)[nH]2)nc1Cl. The van der Waals surface area contributed by atoms with Crippen LogP contribution in [0.15, 0.2) is 12.4 Å². The molecule has 0 unspecified atom stereocenters. The fourth-order valence-corrected chi connectivity index (χ4v) is 1.79. The largest absolute Gasteiger partial charge is 0.462 e. The van der Waals surface area contributed by atoms with Gasteiger partial charge in [-0.25, -0.2) is 19.7 Å². The predicted molar refractivity (Wildman–Crippen MR) is 74.7 cm³/mol. The lowest BCUT2D eigenvalue weighted by molar-refractivity contribution is 0.0525. The summed E-state index contributed by atoms with van der Waals surface area (Å²) in [5, 5.41) is 0.0640. The van der Waals surface area contributed by atoms with Crippen LogP contribution in [0.25, 0.3) is 11.5 Å². The number of halogens is 1. The van der Waals surface area contributed by atoms with Crippen molar-refractivity contribution in [3.63, 3.8) is 0 Å². The van der Waals surface area contributed by atoms with E-state index >= 15 is 0 Å². The molecule has 6 nitrogen and oxygen atoms in total. The summed E-state index contributed by atoms with van der Waals surface area (Å²) in [7, 11) is 0. The van der Waals surface area contributed by atoms with Gasteiger partial charge in [0.2, 0.25) is 0 Å².